The molecule has 3 aromatic rings. The Morgan fingerprint density at radius 3 is 2.52 bits per heavy atom. The van der Waals surface area contributed by atoms with Gasteiger partial charge in [0.15, 0.2) is 0 Å². The number of aliphatic hydroxyl groups excluding tert-OH is 1. The van der Waals surface area contributed by atoms with Crippen molar-refractivity contribution in [1.82, 2.24) is 14.5 Å². The van der Waals surface area contributed by atoms with E-state index in [9.17, 15) is 12.8 Å². The molecule has 0 spiro atoms. The number of sulfone groups is 1. The molecule has 1 N–H and O–H groups in total. The molecule has 9 heteroatoms. The summed E-state index contributed by atoms with van der Waals surface area (Å²) in [5, 5.41) is 9.05. The molecule has 2 aromatic heterocycles. The normalized spacial score (nSPS) is 12.0. The molecule has 1 aromatic carbocycles. The van der Waals surface area contributed by atoms with Gasteiger partial charge in [0.05, 0.1) is 16.9 Å². The second-order valence-electron chi connectivity index (χ2n) is 4.72. The van der Waals surface area contributed by atoms with Crippen LogP contribution in [-0.2, 0) is 16.4 Å². The molecule has 0 aliphatic rings. The number of aromatic nitrogens is 3. The first-order valence-electron chi connectivity index (χ1n) is 6.57. The second-order valence-corrected chi connectivity index (χ2v) is 6.93. The van der Waals surface area contributed by atoms with Crippen molar-refractivity contribution in [1.29, 1.82) is 0 Å². The van der Waals surface area contributed by atoms with E-state index < -0.39 is 20.8 Å². The zero-order valence-electron chi connectivity index (χ0n) is 11.6. The number of benzene rings is 1. The van der Waals surface area contributed by atoms with Gasteiger partial charge in [-0.25, -0.2) is 17.8 Å². The standard InChI is InChI=1S/C14H11ClFN3O3S/c15-12-11-5-6-19(7-8-20)13(11)18-14(17-12)23(21,22)10-3-1-9(16)2-4-10/h1-6,20H,7-8H2. The van der Waals surface area contributed by atoms with Gasteiger partial charge >= 0.3 is 0 Å². The summed E-state index contributed by atoms with van der Waals surface area (Å²) in [6, 6.07) is 6.00. The molecule has 0 atom stereocenters. The number of halogens is 2. The highest BCUT2D eigenvalue weighted by Gasteiger charge is 2.24. The van der Waals surface area contributed by atoms with Gasteiger partial charge < -0.3 is 9.67 Å². The van der Waals surface area contributed by atoms with Crippen molar-refractivity contribution in [2.45, 2.75) is 16.6 Å². The number of hydrogen-bond donors (Lipinski definition) is 1. The van der Waals surface area contributed by atoms with Crippen LogP contribution in [0.25, 0.3) is 11.0 Å². The monoisotopic (exact) mass is 355 g/mol. The van der Waals surface area contributed by atoms with Gasteiger partial charge in [-0.2, -0.15) is 4.98 Å². The molecule has 0 radical (unpaired) electrons. The van der Waals surface area contributed by atoms with E-state index in [2.05, 4.69) is 9.97 Å². The van der Waals surface area contributed by atoms with Gasteiger partial charge in [0, 0.05) is 12.7 Å². The maximum Gasteiger partial charge on any atom is 0.255 e. The predicted molar refractivity (Wildman–Crippen MR) is 81.5 cm³/mol. The first-order valence-corrected chi connectivity index (χ1v) is 8.43. The van der Waals surface area contributed by atoms with Gasteiger partial charge in [0.1, 0.15) is 16.6 Å². The van der Waals surface area contributed by atoms with Crippen LogP contribution < -0.4 is 0 Å². The van der Waals surface area contributed by atoms with Crippen molar-refractivity contribution in [3.05, 3.63) is 47.5 Å². The van der Waals surface area contributed by atoms with E-state index in [1.54, 1.807) is 16.8 Å². The summed E-state index contributed by atoms with van der Waals surface area (Å²) in [5.74, 6) is -0.546. The smallest absolute Gasteiger partial charge is 0.255 e. The average molecular weight is 356 g/mol. The first-order chi connectivity index (χ1) is 10.9. The van der Waals surface area contributed by atoms with Gasteiger partial charge in [0.25, 0.3) is 5.16 Å². The molecule has 0 amide bonds. The zero-order chi connectivity index (χ0) is 16.6. The number of hydrogen-bond acceptors (Lipinski definition) is 5. The van der Waals surface area contributed by atoms with Crippen LogP contribution in [0.3, 0.4) is 0 Å². The summed E-state index contributed by atoms with van der Waals surface area (Å²) >= 11 is 6.04. The third kappa shape index (κ3) is 2.80. The quantitative estimate of drug-likeness (QED) is 0.440. The molecular weight excluding hydrogens is 345 g/mol. The highest BCUT2D eigenvalue weighted by Crippen LogP contribution is 2.25. The van der Waals surface area contributed by atoms with Crippen LogP contribution in [0.15, 0.2) is 46.6 Å². The van der Waals surface area contributed by atoms with Crippen molar-refractivity contribution >= 4 is 32.5 Å². The van der Waals surface area contributed by atoms with E-state index in [0.29, 0.717) is 11.0 Å². The van der Waals surface area contributed by atoms with Gasteiger partial charge in [-0.3, -0.25) is 0 Å². The molecule has 0 fully saturated rings. The lowest BCUT2D eigenvalue weighted by Crippen LogP contribution is -2.09. The van der Waals surface area contributed by atoms with Gasteiger partial charge in [-0.05, 0) is 30.3 Å². The van der Waals surface area contributed by atoms with Gasteiger partial charge in [-0.1, -0.05) is 11.6 Å². The van der Waals surface area contributed by atoms with E-state index in [0.717, 1.165) is 24.3 Å². The molecule has 3 rings (SSSR count). The summed E-state index contributed by atoms with van der Waals surface area (Å²) in [4.78, 5) is 7.77. The first kappa shape index (κ1) is 15.9. The molecule has 0 saturated heterocycles. The Kier molecular flexibility index (Phi) is 4.05. The van der Waals surface area contributed by atoms with Crippen molar-refractivity contribution < 1.29 is 17.9 Å². The summed E-state index contributed by atoms with van der Waals surface area (Å²) in [7, 11) is -4.03. The highest BCUT2D eigenvalue weighted by atomic mass is 35.5. The van der Waals surface area contributed by atoms with Crippen LogP contribution >= 0.6 is 11.6 Å². The SMILES string of the molecule is O=S(=O)(c1ccc(F)cc1)c1nc(Cl)c2ccn(CCO)c2n1. The number of nitrogens with zero attached hydrogens (tertiary/aromatic N) is 3. The molecule has 2 heterocycles. The Labute approximate surface area is 136 Å². The van der Waals surface area contributed by atoms with Crippen LogP contribution in [0.4, 0.5) is 4.39 Å². The zero-order valence-corrected chi connectivity index (χ0v) is 13.2. The Balaban J connectivity index is 2.19. The van der Waals surface area contributed by atoms with Crippen molar-refractivity contribution in [3.8, 4) is 0 Å². The lowest BCUT2D eigenvalue weighted by atomic mass is 10.4. The summed E-state index contributed by atoms with van der Waals surface area (Å²) in [6.07, 6.45) is 1.63. The molecule has 0 aliphatic heterocycles. The van der Waals surface area contributed by atoms with Crippen LogP contribution in [0, 0.1) is 5.82 Å². The summed E-state index contributed by atoms with van der Waals surface area (Å²) < 4.78 is 39.7. The lowest BCUT2D eigenvalue weighted by molar-refractivity contribution is 0.278. The fraction of sp³-hybridized carbons (Fsp3) is 0.143. The summed E-state index contributed by atoms with van der Waals surface area (Å²) in [6.45, 7) is 0.109. The van der Waals surface area contributed by atoms with Crippen molar-refractivity contribution in [3.63, 3.8) is 0 Å². The molecule has 0 bridgehead atoms. The Hall–Kier alpha value is -2.03. The fourth-order valence-corrected chi connectivity index (χ4v) is 3.54. The van der Waals surface area contributed by atoms with E-state index in [1.807, 2.05) is 0 Å². The molecule has 0 saturated carbocycles. The second kappa shape index (κ2) is 5.88. The molecular formula is C14H11ClFN3O3S. The van der Waals surface area contributed by atoms with Crippen LogP contribution in [0.2, 0.25) is 5.15 Å². The fourth-order valence-electron chi connectivity index (χ4n) is 2.14. The topological polar surface area (TPSA) is 85.1 Å². The van der Waals surface area contributed by atoms with E-state index >= 15 is 0 Å². The van der Waals surface area contributed by atoms with E-state index in [4.69, 9.17) is 16.7 Å². The maximum absolute atomic E-state index is 13.0. The number of fused-ring (bicyclic) bond motifs is 1. The molecule has 0 unspecified atom stereocenters. The van der Waals surface area contributed by atoms with Gasteiger partial charge in [0.2, 0.25) is 9.84 Å². The maximum atomic E-state index is 13.0. The minimum Gasteiger partial charge on any atom is -0.395 e. The third-order valence-electron chi connectivity index (χ3n) is 3.26. The summed E-state index contributed by atoms with van der Waals surface area (Å²) in [5.41, 5.74) is 0.305. The van der Waals surface area contributed by atoms with Gasteiger partial charge in [-0.15, -0.1) is 0 Å². The molecule has 6 nitrogen and oxygen atoms in total. The molecule has 23 heavy (non-hydrogen) atoms. The molecule has 0 aliphatic carbocycles. The Morgan fingerprint density at radius 2 is 1.87 bits per heavy atom. The van der Waals surface area contributed by atoms with Crippen molar-refractivity contribution in [2.75, 3.05) is 6.61 Å². The number of aliphatic hydroxyl groups is 1. The largest absolute Gasteiger partial charge is 0.395 e. The van der Waals surface area contributed by atoms with E-state index in [-0.39, 0.29) is 23.2 Å². The lowest BCUT2D eigenvalue weighted by Gasteiger charge is -2.06. The highest BCUT2D eigenvalue weighted by molar-refractivity contribution is 7.91. The van der Waals surface area contributed by atoms with Crippen LogP contribution in [0.1, 0.15) is 0 Å². The average Bonchev–Trinajstić information content (AvgIpc) is 2.92. The van der Waals surface area contributed by atoms with Crippen LogP contribution in [-0.4, -0.2) is 34.7 Å². The Morgan fingerprint density at radius 1 is 1.17 bits per heavy atom. The molecule has 120 valence electrons. The van der Waals surface area contributed by atoms with Crippen molar-refractivity contribution in [2.24, 2.45) is 0 Å². The minimum atomic E-state index is -4.03. The van der Waals surface area contributed by atoms with E-state index in [1.165, 1.54) is 0 Å². The third-order valence-corrected chi connectivity index (χ3v) is 5.10. The minimum absolute atomic E-state index is 0.00706. The number of rotatable bonds is 4. The Bertz CT molecular complexity index is 971. The van der Waals surface area contributed by atoms with Crippen LogP contribution in [0.5, 0.6) is 0 Å². The predicted octanol–water partition coefficient (Wildman–Crippen LogP) is 2.05.